The number of hydrogen-bond acceptors (Lipinski definition) is 6. The summed E-state index contributed by atoms with van der Waals surface area (Å²) in [5.41, 5.74) is 1.40. The first-order chi connectivity index (χ1) is 14.5. The van der Waals surface area contributed by atoms with Crippen LogP contribution < -0.4 is 11.3 Å². The molecule has 146 valence electrons. The van der Waals surface area contributed by atoms with E-state index in [2.05, 4.69) is 41.8 Å². The number of halogens is 2. The summed E-state index contributed by atoms with van der Waals surface area (Å²) in [5, 5.41) is 0.803. The number of fused-ring (bicyclic) bond motifs is 2. The SMILES string of the molecule is O=c1oc(-c2ccc(-c3nc4ccc(Br)cc4c(=O)o3)cc2)nc2ccc(Br)cc12. The van der Waals surface area contributed by atoms with E-state index in [-0.39, 0.29) is 11.8 Å². The van der Waals surface area contributed by atoms with E-state index in [9.17, 15) is 9.59 Å². The van der Waals surface area contributed by atoms with E-state index >= 15 is 0 Å². The highest BCUT2D eigenvalue weighted by atomic mass is 79.9. The molecule has 0 aliphatic carbocycles. The standard InChI is InChI=1S/C22H10Br2N2O4/c23-13-5-7-17-15(9-13)21(27)29-19(25-17)11-1-2-12(4-3-11)20-26-18-8-6-14(24)10-16(18)22(28)30-20/h1-10H. The fourth-order valence-corrected chi connectivity index (χ4v) is 3.81. The molecule has 6 nitrogen and oxygen atoms in total. The highest BCUT2D eigenvalue weighted by Gasteiger charge is 2.12. The average molecular weight is 526 g/mol. The maximum absolute atomic E-state index is 12.3. The topological polar surface area (TPSA) is 86.2 Å². The van der Waals surface area contributed by atoms with Crippen LogP contribution in [0.4, 0.5) is 0 Å². The van der Waals surface area contributed by atoms with Gasteiger partial charge in [-0.2, -0.15) is 0 Å². The lowest BCUT2D eigenvalue weighted by atomic mass is 10.1. The first-order valence-electron chi connectivity index (χ1n) is 8.79. The van der Waals surface area contributed by atoms with Crippen molar-refractivity contribution in [3.63, 3.8) is 0 Å². The smallest absolute Gasteiger partial charge is 0.347 e. The molecule has 0 aliphatic rings. The summed E-state index contributed by atoms with van der Waals surface area (Å²) >= 11 is 6.67. The van der Waals surface area contributed by atoms with Gasteiger partial charge in [0.05, 0.1) is 21.8 Å². The lowest BCUT2D eigenvalue weighted by Crippen LogP contribution is -2.03. The highest BCUT2D eigenvalue weighted by Crippen LogP contribution is 2.25. The van der Waals surface area contributed by atoms with Crippen LogP contribution >= 0.6 is 31.9 Å². The van der Waals surface area contributed by atoms with Crippen molar-refractivity contribution in [2.45, 2.75) is 0 Å². The van der Waals surface area contributed by atoms with Gasteiger partial charge < -0.3 is 8.83 Å². The number of benzene rings is 3. The Bertz CT molecular complexity index is 1440. The zero-order chi connectivity index (χ0) is 20.8. The second kappa shape index (κ2) is 7.30. The maximum atomic E-state index is 12.3. The van der Waals surface area contributed by atoms with Gasteiger partial charge in [0.25, 0.3) is 0 Å². The van der Waals surface area contributed by atoms with Crippen LogP contribution in [0.2, 0.25) is 0 Å². The summed E-state index contributed by atoms with van der Waals surface area (Å²) < 4.78 is 12.3. The lowest BCUT2D eigenvalue weighted by molar-refractivity contribution is 0.516. The van der Waals surface area contributed by atoms with Gasteiger partial charge in [-0.15, -0.1) is 0 Å². The quantitative estimate of drug-likeness (QED) is 0.300. The predicted octanol–water partition coefficient (Wildman–Crippen LogP) is 5.55. The molecular formula is C22H10Br2N2O4. The molecule has 0 N–H and O–H groups in total. The van der Waals surface area contributed by atoms with Crippen molar-refractivity contribution in [3.8, 4) is 22.9 Å². The van der Waals surface area contributed by atoms with E-state index in [0.717, 1.165) is 8.95 Å². The Balaban J connectivity index is 1.56. The van der Waals surface area contributed by atoms with Crippen LogP contribution in [0, 0.1) is 0 Å². The average Bonchev–Trinajstić information content (AvgIpc) is 2.74. The third-order valence-electron chi connectivity index (χ3n) is 4.56. The molecule has 5 aromatic rings. The Morgan fingerprint density at radius 3 is 1.40 bits per heavy atom. The first kappa shape index (κ1) is 18.9. The van der Waals surface area contributed by atoms with Gasteiger partial charge in [0.2, 0.25) is 11.8 Å². The molecule has 0 radical (unpaired) electrons. The second-order valence-corrected chi connectivity index (χ2v) is 8.34. The van der Waals surface area contributed by atoms with Crippen LogP contribution in [0.25, 0.3) is 44.7 Å². The van der Waals surface area contributed by atoms with Crippen LogP contribution in [0.3, 0.4) is 0 Å². The fraction of sp³-hybridized carbons (Fsp3) is 0. The van der Waals surface area contributed by atoms with Crippen molar-refractivity contribution in [1.29, 1.82) is 0 Å². The Hall–Kier alpha value is -3.10. The van der Waals surface area contributed by atoms with Crippen LogP contribution in [0.1, 0.15) is 0 Å². The van der Waals surface area contributed by atoms with Crippen molar-refractivity contribution < 1.29 is 8.83 Å². The Kier molecular flexibility index (Phi) is 4.60. The Morgan fingerprint density at radius 2 is 1.00 bits per heavy atom. The summed E-state index contributed by atoms with van der Waals surface area (Å²) in [6.07, 6.45) is 0. The predicted molar refractivity (Wildman–Crippen MR) is 120 cm³/mol. The van der Waals surface area contributed by atoms with Crippen molar-refractivity contribution in [3.05, 3.63) is 90.4 Å². The maximum Gasteiger partial charge on any atom is 0.347 e. The van der Waals surface area contributed by atoms with E-state index in [1.54, 1.807) is 48.5 Å². The summed E-state index contributed by atoms with van der Waals surface area (Å²) in [6.45, 7) is 0. The van der Waals surface area contributed by atoms with E-state index in [4.69, 9.17) is 8.83 Å². The van der Waals surface area contributed by atoms with Crippen molar-refractivity contribution in [2.75, 3.05) is 0 Å². The van der Waals surface area contributed by atoms with Gasteiger partial charge in [-0.3, -0.25) is 0 Å². The molecule has 0 amide bonds. The summed E-state index contributed by atoms with van der Waals surface area (Å²) in [5.74, 6) is 0.415. The molecule has 5 rings (SSSR count). The van der Waals surface area contributed by atoms with Gasteiger partial charge in [-0.1, -0.05) is 31.9 Å². The summed E-state index contributed by atoms with van der Waals surface area (Å²) in [4.78, 5) is 33.5. The monoisotopic (exact) mass is 524 g/mol. The molecule has 0 unspecified atom stereocenters. The minimum atomic E-state index is -0.464. The zero-order valence-corrected chi connectivity index (χ0v) is 18.2. The van der Waals surface area contributed by atoms with E-state index < -0.39 is 11.3 Å². The van der Waals surface area contributed by atoms with Crippen LogP contribution in [-0.2, 0) is 0 Å². The molecule has 0 fully saturated rings. The van der Waals surface area contributed by atoms with Crippen LogP contribution in [-0.4, -0.2) is 9.97 Å². The molecule has 0 aliphatic heterocycles. The summed E-state index contributed by atoms with van der Waals surface area (Å²) in [7, 11) is 0. The third-order valence-corrected chi connectivity index (χ3v) is 5.55. The first-order valence-corrected chi connectivity index (χ1v) is 10.4. The molecule has 3 aromatic carbocycles. The van der Waals surface area contributed by atoms with Gasteiger partial charge in [-0.25, -0.2) is 19.6 Å². The van der Waals surface area contributed by atoms with Gasteiger partial charge in [0.15, 0.2) is 0 Å². The van der Waals surface area contributed by atoms with E-state index in [1.807, 2.05) is 12.1 Å². The minimum Gasteiger partial charge on any atom is -0.403 e. The van der Waals surface area contributed by atoms with E-state index in [1.165, 1.54) is 0 Å². The van der Waals surface area contributed by atoms with Crippen molar-refractivity contribution >= 4 is 53.7 Å². The fourth-order valence-electron chi connectivity index (χ4n) is 3.09. The molecule has 8 heteroatoms. The van der Waals surface area contributed by atoms with Crippen molar-refractivity contribution in [2.24, 2.45) is 0 Å². The second-order valence-electron chi connectivity index (χ2n) is 6.51. The Labute approximate surface area is 185 Å². The normalized spacial score (nSPS) is 11.3. The molecule has 0 spiro atoms. The third kappa shape index (κ3) is 3.38. The number of nitrogens with zero attached hydrogens (tertiary/aromatic N) is 2. The number of rotatable bonds is 2. The summed E-state index contributed by atoms with van der Waals surface area (Å²) in [6, 6.07) is 17.4. The van der Waals surface area contributed by atoms with Gasteiger partial charge in [0.1, 0.15) is 0 Å². The molecule has 0 saturated carbocycles. The van der Waals surface area contributed by atoms with Gasteiger partial charge >= 0.3 is 11.3 Å². The minimum absolute atomic E-state index is 0.208. The molecule has 30 heavy (non-hydrogen) atoms. The molecular weight excluding hydrogens is 516 g/mol. The van der Waals surface area contributed by atoms with Gasteiger partial charge in [-0.05, 0) is 60.7 Å². The number of hydrogen-bond donors (Lipinski definition) is 0. The molecule has 2 aromatic heterocycles. The molecule has 2 heterocycles. The van der Waals surface area contributed by atoms with Gasteiger partial charge in [0, 0.05) is 20.1 Å². The van der Waals surface area contributed by atoms with E-state index in [0.29, 0.717) is 32.9 Å². The number of aromatic nitrogens is 2. The molecule has 0 bridgehead atoms. The molecule has 0 atom stereocenters. The largest absolute Gasteiger partial charge is 0.403 e. The lowest BCUT2D eigenvalue weighted by Gasteiger charge is -2.05. The Morgan fingerprint density at radius 1 is 0.600 bits per heavy atom. The zero-order valence-electron chi connectivity index (χ0n) is 15.1. The van der Waals surface area contributed by atoms with Crippen molar-refractivity contribution in [1.82, 2.24) is 9.97 Å². The molecule has 0 saturated heterocycles. The van der Waals surface area contributed by atoms with Crippen LogP contribution in [0.5, 0.6) is 0 Å². The highest BCUT2D eigenvalue weighted by molar-refractivity contribution is 9.10. The van der Waals surface area contributed by atoms with Crippen LogP contribution in [0.15, 0.2) is 88.0 Å².